The van der Waals surface area contributed by atoms with Crippen LogP contribution in [0.15, 0.2) is 18.2 Å². The van der Waals surface area contributed by atoms with Crippen molar-refractivity contribution in [2.75, 3.05) is 0 Å². The Bertz CT molecular complexity index is 595. The Morgan fingerprint density at radius 2 is 2.00 bits per heavy atom. The molecule has 0 N–H and O–H groups in total. The van der Waals surface area contributed by atoms with Gasteiger partial charge in [-0.2, -0.15) is 17.9 Å². The van der Waals surface area contributed by atoms with Crippen molar-refractivity contribution < 1.29 is 13.2 Å². The summed E-state index contributed by atoms with van der Waals surface area (Å²) in [5.41, 5.74) is -0.806. The van der Waals surface area contributed by atoms with Gasteiger partial charge in [-0.3, -0.25) is 0 Å². The lowest BCUT2D eigenvalue weighted by molar-refractivity contribution is -0.137. The zero-order chi connectivity index (χ0) is 14.2. The Kier molecular flexibility index (Phi) is 3.69. The number of tetrazole rings is 1. The normalized spacial score (nSPS) is 13.6. The number of alkyl halides is 4. The fourth-order valence-corrected chi connectivity index (χ4v) is 1.80. The van der Waals surface area contributed by atoms with E-state index in [9.17, 15) is 13.2 Å². The first-order chi connectivity index (χ1) is 8.80. The molecule has 0 spiro atoms. The van der Waals surface area contributed by atoms with E-state index in [1.165, 1.54) is 0 Å². The van der Waals surface area contributed by atoms with Gasteiger partial charge < -0.3 is 0 Å². The molecule has 1 unspecified atom stereocenters. The summed E-state index contributed by atoms with van der Waals surface area (Å²) in [7, 11) is 0. The number of benzene rings is 1. The van der Waals surface area contributed by atoms with E-state index >= 15 is 0 Å². The third kappa shape index (κ3) is 2.82. The summed E-state index contributed by atoms with van der Waals surface area (Å²) >= 11 is 11.7. The molecule has 0 radical (unpaired) electrons. The minimum atomic E-state index is -4.47. The summed E-state index contributed by atoms with van der Waals surface area (Å²) < 4.78 is 39.1. The van der Waals surface area contributed by atoms with E-state index in [1.54, 1.807) is 6.92 Å². The Morgan fingerprint density at radius 1 is 1.32 bits per heavy atom. The Labute approximate surface area is 116 Å². The van der Waals surface area contributed by atoms with Gasteiger partial charge in [-0.25, -0.2) is 0 Å². The number of nitrogens with zero attached hydrogens (tertiary/aromatic N) is 4. The Balaban J connectivity index is 2.58. The fraction of sp³-hybridized carbons (Fsp3) is 0.300. The van der Waals surface area contributed by atoms with E-state index in [0.717, 1.165) is 22.9 Å². The maximum Gasteiger partial charge on any atom is 0.416 e. The highest BCUT2D eigenvalue weighted by Crippen LogP contribution is 2.33. The van der Waals surface area contributed by atoms with E-state index in [1.807, 2.05) is 0 Å². The van der Waals surface area contributed by atoms with Crippen molar-refractivity contribution in [1.82, 2.24) is 20.2 Å². The largest absolute Gasteiger partial charge is 0.416 e. The second-order valence-corrected chi connectivity index (χ2v) is 4.79. The monoisotopic (exact) mass is 310 g/mol. The first-order valence-electron chi connectivity index (χ1n) is 5.10. The minimum Gasteiger partial charge on any atom is -0.194 e. The van der Waals surface area contributed by atoms with Crippen molar-refractivity contribution in [3.63, 3.8) is 0 Å². The molecule has 2 rings (SSSR count). The zero-order valence-corrected chi connectivity index (χ0v) is 11.0. The van der Waals surface area contributed by atoms with E-state index in [4.69, 9.17) is 23.2 Å². The smallest absolute Gasteiger partial charge is 0.194 e. The number of halogens is 5. The molecular formula is C10H7Cl2F3N4. The molecule has 0 aliphatic carbocycles. The van der Waals surface area contributed by atoms with Gasteiger partial charge in [0.15, 0.2) is 5.82 Å². The van der Waals surface area contributed by atoms with Gasteiger partial charge in [-0.05, 0) is 35.5 Å². The van der Waals surface area contributed by atoms with E-state index in [2.05, 4.69) is 15.5 Å². The van der Waals surface area contributed by atoms with Crippen molar-refractivity contribution in [3.8, 4) is 5.69 Å². The molecule has 19 heavy (non-hydrogen) atoms. The third-order valence-electron chi connectivity index (χ3n) is 2.35. The van der Waals surface area contributed by atoms with Crippen LogP contribution >= 0.6 is 23.2 Å². The summed E-state index contributed by atoms with van der Waals surface area (Å²) in [6.07, 6.45) is -4.47. The van der Waals surface area contributed by atoms with Crippen LogP contribution in [0, 0.1) is 0 Å². The molecule has 1 aromatic carbocycles. The molecule has 4 nitrogen and oxygen atoms in total. The van der Waals surface area contributed by atoms with Gasteiger partial charge in [-0.15, -0.1) is 16.7 Å². The van der Waals surface area contributed by atoms with E-state index in [0.29, 0.717) is 0 Å². The van der Waals surface area contributed by atoms with Crippen molar-refractivity contribution in [1.29, 1.82) is 0 Å². The SMILES string of the molecule is CC(Cl)c1nnnn1-c1cc(C(F)(F)F)ccc1Cl. The van der Waals surface area contributed by atoms with Gasteiger partial charge in [0.05, 0.1) is 21.7 Å². The van der Waals surface area contributed by atoms with Gasteiger partial charge >= 0.3 is 6.18 Å². The van der Waals surface area contributed by atoms with Crippen LogP contribution in [-0.4, -0.2) is 20.2 Å². The maximum absolute atomic E-state index is 12.7. The molecule has 2 aromatic rings. The third-order valence-corrected chi connectivity index (χ3v) is 2.87. The van der Waals surface area contributed by atoms with Crippen LogP contribution in [0.5, 0.6) is 0 Å². The van der Waals surface area contributed by atoms with E-state index < -0.39 is 17.1 Å². The lowest BCUT2D eigenvalue weighted by Crippen LogP contribution is -2.09. The molecule has 0 aliphatic rings. The van der Waals surface area contributed by atoms with Crippen LogP contribution in [0.2, 0.25) is 5.02 Å². The van der Waals surface area contributed by atoms with Gasteiger partial charge in [-0.1, -0.05) is 11.6 Å². The first-order valence-corrected chi connectivity index (χ1v) is 5.91. The van der Waals surface area contributed by atoms with Crippen LogP contribution in [0.3, 0.4) is 0 Å². The van der Waals surface area contributed by atoms with Crippen LogP contribution in [-0.2, 0) is 6.18 Å². The average molecular weight is 311 g/mol. The highest BCUT2D eigenvalue weighted by molar-refractivity contribution is 6.32. The van der Waals surface area contributed by atoms with Gasteiger partial charge in [0, 0.05) is 0 Å². The maximum atomic E-state index is 12.7. The van der Waals surface area contributed by atoms with Gasteiger partial charge in [0.25, 0.3) is 0 Å². The zero-order valence-electron chi connectivity index (χ0n) is 9.49. The van der Waals surface area contributed by atoms with Crippen molar-refractivity contribution in [3.05, 3.63) is 34.6 Å². The van der Waals surface area contributed by atoms with Crippen molar-refractivity contribution in [2.45, 2.75) is 18.5 Å². The summed E-state index contributed by atoms with van der Waals surface area (Å²) in [5.74, 6) is 0.211. The second kappa shape index (κ2) is 4.97. The molecule has 0 fully saturated rings. The molecule has 0 bridgehead atoms. The number of hydrogen-bond acceptors (Lipinski definition) is 3. The molecule has 1 heterocycles. The molecule has 1 atom stereocenters. The van der Waals surface area contributed by atoms with Crippen LogP contribution in [0.25, 0.3) is 5.69 Å². The molecule has 0 aliphatic heterocycles. The Morgan fingerprint density at radius 3 is 2.58 bits per heavy atom. The highest BCUT2D eigenvalue weighted by Gasteiger charge is 2.31. The fourth-order valence-electron chi connectivity index (χ4n) is 1.46. The molecule has 102 valence electrons. The molecule has 0 amide bonds. The summed E-state index contributed by atoms with van der Waals surface area (Å²) in [5, 5.41) is 10.2. The first kappa shape index (κ1) is 14.1. The summed E-state index contributed by atoms with van der Waals surface area (Å²) in [4.78, 5) is 0. The van der Waals surface area contributed by atoms with Crippen LogP contribution in [0.4, 0.5) is 13.2 Å². The number of hydrogen-bond donors (Lipinski definition) is 0. The van der Waals surface area contributed by atoms with Gasteiger partial charge in [0.1, 0.15) is 0 Å². The molecule has 0 saturated carbocycles. The lowest BCUT2D eigenvalue weighted by atomic mass is 10.2. The number of aromatic nitrogens is 4. The topological polar surface area (TPSA) is 43.6 Å². The second-order valence-electron chi connectivity index (χ2n) is 3.73. The van der Waals surface area contributed by atoms with E-state index in [-0.39, 0.29) is 16.5 Å². The Hall–Kier alpha value is -1.34. The average Bonchev–Trinajstić information content (AvgIpc) is 2.76. The lowest BCUT2D eigenvalue weighted by Gasteiger charge is -2.11. The number of rotatable bonds is 2. The molecule has 0 saturated heterocycles. The standard InChI is InChI=1S/C10H7Cl2F3N4/c1-5(11)9-16-17-18-19(9)8-4-6(10(13,14)15)2-3-7(8)12/h2-5H,1H3. The minimum absolute atomic E-state index is 0.0315. The van der Waals surface area contributed by atoms with Gasteiger partial charge in [0.2, 0.25) is 0 Å². The summed E-state index contributed by atoms with van der Waals surface area (Å²) in [6.45, 7) is 1.60. The quantitative estimate of drug-likeness (QED) is 0.795. The molecule has 1 aromatic heterocycles. The molecule has 9 heteroatoms. The predicted octanol–water partition coefficient (Wildman–Crippen LogP) is 3.63. The predicted molar refractivity (Wildman–Crippen MR) is 63.4 cm³/mol. The van der Waals surface area contributed by atoms with Crippen molar-refractivity contribution >= 4 is 23.2 Å². The highest BCUT2D eigenvalue weighted by atomic mass is 35.5. The summed E-state index contributed by atoms with van der Waals surface area (Å²) in [6, 6.07) is 2.91. The molecular weight excluding hydrogens is 304 g/mol. The van der Waals surface area contributed by atoms with Crippen LogP contribution < -0.4 is 0 Å². The van der Waals surface area contributed by atoms with Crippen LogP contribution in [0.1, 0.15) is 23.7 Å². The van der Waals surface area contributed by atoms with Crippen molar-refractivity contribution in [2.24, 2.45) is 0 Å².